The first-order chi connectivity index (χ1) is 8.19. The minimum absolute atomic E-state index is 0.795. The van der Waals surface area contributed by atoms with E-state index in [0.29, 0.717) is 0 Å². The van der Waals surface area contributed by atoms with Crippen LogP contribution in [0.15, 0.2) is 12.4 Å². The van der Waals surface area contributed by atoms with E-state index in [4.69, 9.17) is 0 Å². The largest absolute Gasteiger partial charge is 0.369 e. The molecule has 1 saturated heterocycles. The van der Waals surface area contributed by atoms with Crippen molar-refractivity contribution >= 4 is 5.82 Å². The SMILES string of the molecule is CCNc1cnc(CN2CC(C)C(C)C2)cn1. The molecule has 4 nitrogen and oxygen atoms in total. The van der Waals surface area contributed by atoms with Gasteiger partial charge in [-0.1, -0.05) is 13.8 Å². The molecule has 0 amide bonds. The lowest BCUT2D eigenvalue weighted by Crippen LogP contribution is -2.21. The van der Waals surface area contributed by atoms with Gasteiger partial charge in [-0.3, -0.25) is 9.88 Å². The molecule has 0 saturated carbocycles. The standard InChI is InChI=1S/C13H22N4/c1-4-14-13-6-15-12(5-16-13)9-17-7-10(2)11(3)8-17/h5-6,10-11H,4,7-9H2,1-3H3,(H,14,16). The molecule has 94 valence electrons. The van der Waals surface area contributed by atoms with Crippen LogP contribution in [0.1, 0.15) is 26.5 Å². The molecule has 1 fully saturated rings. The molecule has 1 aromatic heterocycles. The highest BCUT2D eigenvalue weighted by molar-refractivity contribution is 5.30. The molecule has 0 bridgehead atoms. The molecule has 0 radical (unpaired) electrons. The molecule has 2 heterocycles. The monoisotopic (exact) mass is 234 g/mol. The summed E-state index contributed by atoms with van der Waals surface area (Å²) in [6.07, 6.45) is 3.70. The van der Waals surface area contributed by atoms with Crippen LogP contribution in [-0.4, -0.2) is 34.5 Å². The summed E-state index contributed by atoms with van der Waals surface area (Å²) in [5.41, 5.74) is 1.06. The first kappa shape index (κ1) is 12.3. The van der Waals surface area contributed by atoms with Crippen molar-refractivity contribution in [2.75, 3.05) is 25.0 Å². The molecule has 2 rings (SSSR count). The highest BCUT2D eigenvalue weighted by Crippen LogP contribution is 2.23. The summed E-state index contributed by atoms with van der Waals surface area (Å²) in [6, 6.07) is 0. The zero-order valence-electron chi connectivity index (χ0n) is 11.0. The number of hydrogen-bond donors (Lipinski definition) is 1. The fourth-order valence-electron chi connectivity index (χ4n) is 2.32. The third-order valence-electron chi connectivity index (χ3n) is 3.51. The van der Waals surface area contributed by atoms with Gasteiger partial charge in [0, 0.05) is 26.2 Å². The molecule has 0 aliphatic carbocycles. The highest BCUT2D eigenvalue weighted by Gasteiger charge is 2.25. The molecule has 1 aliphatic heterocycles. The summed E-state index contributed by atoms with van der Waals surface area (Å²) >= 11 is 0. The average molecular weight is 234 g/mol. The van der Waals surface area contributed by atoms with Gasteiger partial charge in [-0.2, -0.15) is 0 Å². The van der Waals surface area contributed by atoms with E-state index in [1.165, 1.54) is 13.1 Å². The van der Waals surface area contributed by atoms with Crippen LogP contribution in [0, 0.1) is 11.8 Å². The van der Waals surface area contributed by atoms with Gasteiger partial charge in [-0.05, 0) is 18.8 Å². The molecule has 2 atom stereocenters. The Bertz CT molecular complexity index is 339. The zero-order chi connectivity index (χ0) is 12.3. The van der Waals surface area contributed by atoms with E-state index in [1.54, 1.807) is 0 Å². The molecule has 1 aromatic rings. The van der Waals surface area contributed by atoms with Crippen LogP contribution in [-0.2, 0) is 6.54 Å². The molecule has 4 heteroatoms. The number of hydrogen-bond acceptors (Lipinski definition) is 4. The normalized spacial score (nSPS) is 25.1. The molecule has 2 unspecified atom stereocenters. The summed E-state index contributed by atoms with van der Waals surface area (Å²) < 4.78 is 0. The van der Waals surface area contributed by atoms with Gasteiger partial charge in [-0.25, -0.2) is 4.98 Å². The Balaban J connectivity index is 1.91. The van der Waals surface area contributed by atoms with Crippen molar-refractivity contribution in [1.82, 2.24) is 14.9 Å². The van der Waals surface area contributed by atoms with E-state index in [1.807, 2.05) is 12.4 Å². The Morgan fingerprint density at radius 1 is 1.24 bits per heavy atom. The summed E-state index contributed by atoms with van der Waals surface area (Å²) in [6.45, 7) is 10.9. The van der Waals surface area contributed by atoms with Crippen molar-refractivity contribution in [1.29, 1.82) is 0 Å². The van der Waals surface area contributed by atoms with Crippen molar-refractivity contribution in [3.63, 3.8) is 0 Å². The predicted octanol–water partition coefficient (Wildman–Crippen LogP) is 2.00. The average Bonchev–Trinajstić information content (AvgIpc) is 2.61. The summed E-state index contributed by atoms with van der Waals surface area (Å²) in [4.78, 5) is 11.3. The van der Waals surface area contributed by atoms with E-state index >= 15 is 0 Å². The second-order valence-electron chi connectivity index (χ2n) is 5.07. The smallest absolute Gasteiger partial charge is 0.144 e. The quantitative estimate of drug-likeness (QED) is 0.865. The maximum absolute atomic E-state index is 4.44. The summed E-state index contributed by atoms with van der Waals surface area (Å²) in [5, 5.41) is 3.16. The topological polar surface area (TPSA) is 41.1 Å². The van der Waals surface area contributed by atoms with Gasteiger partial charge in [0.25, 0.3) is 0 Å². The maximum atomic E-state index is 4.44. The van der Waals surface area contributed by atoms with Crippen LogP contribution in [0.2, 0.25) is 0 Å². The predicted molar refractivity (Wildman–Crippen MR) is 69.8 cm³/mol. The van der Waals surface area contributed by atoms with Crippen molar-refractivity contribution in [2.24, 2.45) is 11.8 Å². The van der Waals surface area contributed by atoms with Gasteiger partial charge in [-0.15, -0.1) is 0 Å². The third-order valence-corrected chi connectivity index (χ3v) is 3.51. The minimum atomic E-state index is 0.795. The third kappa shape index (κ3) is 3.16. The van der Waals surface area contributed by atoms with E-state index in [2.05, 4.69) is 41.0 Å². The number of rotatable bonds is 4. The molecule has 0 aromatic carbocycles. The Labute approximate surface area is 103 Å². The first-order valence-electron chi connectivity index (χ1n) is 6.46. The first-order valence-corrected chi connectivity index (χ1v) is 6.46. The number of likely N-dealkylation sites (tertiary alicyclic amines) is 1. The van der Waals surface area contributed by atoms with Gasteiger partial charge in [0.05, 0.1) is 18.1 Å². The lowest BCUT2D eigenvalue weighted by molar-refractivity contribution is 0.312. The van der Waals surface area contributed by atoms with Gasteiger partial charge in [0.15, 0.2) is 0 Å². The molecule has 1 aliphatic rings. The Morgan fingerprint density at radius 2 is 1.94 bits per heavy atom. The van der Waals surface area contributed by atoms with Crippen LogP contribution in [0.25, 0.3) is 0 Å². The fraction of sp³-hybridized carbons (Fsp3) is 0.692. The number of nitrogens with one attached hydrogen (secondary N) is 1. The van der Waals surface area contributed by atoms with E-state index in [0.717, 1.165) is 36.4 Å². The van der Waals surface area contributed by atoms with Crippen LogP contribution in [0.3, 0.4) is 0 Å². The molecule has 1 N–H and O–H groups in total. The lowest BCUT2D eigenvalue weighted by atomic mass is 10.0. The van der Waals surface area contributed by atoms with Crippen molar-refractivity contribution in [2.45, 2.75) is 27.3 Å². The Kier molecular flexibility index (Phi) is 3.94. The molecule has 0 spiro atoms. The van der Waals surface area contributed by atoms with Crippen LogP contribution in [0.5, 0.6) is 0 Å². The second kappa shape index (κ2) is 5.45. The lowest BCUT2D eigenvalue weighted by Gasteiger charge is -2.14. The number of anilines is 1. The Morgan fingerprint density at radius 3 is 2.47 bits per heavy atom. The summed E-state index contributed by atoms with van der Waals surface area (Å²) in [7, 11) is 0. The van der Waals surface area contributed by atoms with Crippen molar-refractivity contribution in [3.8, 4) is 0 Å². The molecular formula is C13H22N4. The van der Waals surface area contributed by atoms with Crippen LogP contribution in [0.4, 0.5) is 5.82 Å². The van der Waals surface area contributed by atoms with Crippen LogP contribution >= 0.6 is 0 Å². The fourth-order valence-corrected chi connectivity index (χ4v) is 2.32. The Hall–Kier alpha value is -1.16. The van der Waals surface area contributed by atoms with E-state index in [9.17, 15) is 0 Å². The second-order valence-corrected chi connectivity index (χ2v) is 5.07. The zero-order valence-corrected chi connectivity index (χ0v) is 11.0. The van der Waals surface area contributed by atoms with Gasteiger partial charge in [0.2, 0.25) is 0 Å². The summed E-state index contributed by atoms with van der Waals surface area (Å²) in [5.74, 6) is 2.45. The minimum Gasteiger partial charge on any atom is -0.369 e. The highest BCUT2D eigenvalue weighted by atomic mass is 15.2. The van der Waals surface area contributed by atoms with Gasteiger partial charge < -0.3 is 5.32 Å². The number of aromatic nitrogens is 2. The molecule has 17 heavy (non-hydrogen) atoms. The van der Waals surface area contributed by atoms with E-state index < -0.39 is 0 Å². The van der Waals surface area contributed by atoms with Crippen molar-refractivity contribution < 1.29 is 0 Å². The van der Waals surface area contributed by atoms with Crippen LogP contribution < -0.4 is 5.32 Å². The van der Waals surface area contributed by atoms with E-state index in [-0.39, 0.29) is 0 Å². The molecular weight excluding hydrogens is 212 g/mol. The maximum Gasteiger partial charge on any atom is 0.144 e. The van der Waals surface area contributed by atoms with Gasteiger partial charge in [0.1, 0.15) is 5.82 Å². The number of nitrogens with zero attached hydrogens (tertiary/aromatic N) is 3. The van der Waals surface area contributed by atoms with Crippen molar-refractivity contribution in [3.05, 3.63) is 18.1 Å². The van der Waals surface area contributed by atoms with Gasteiger partial charge >= 0.3 is 0 Å².